The third kappa shape index (κ3) is 7.80. The van der Waals surface area contributed by atoms with Gasteiger partial charge in [0.05, 0.1) is 0 Å². The van der Waals surface area contributed by atoms with Gasteiger partial charge in [-0.25, -0.2) is 0 Å². The fraction of sp³-hybridized carbons (Fsp3) is 0.364. The number of carbonyl (C=O) groups excluding carboxylic acids is 1. The first-order valence-electron chi connectivity index (χ1n) is 13.7. The van der Waals surface area contributed by atoms with Crippen molar-refractivity contribution in [2.24, 2.45) is 0 Å². The summed E-state index contributed by atoms with van der Waals surface area (Å²) in [4.78, 5) is 14.4. The van der Waals surface area contributed by atoms with Crippen molar-refractivity contribution in [3.05, 3.63) is 101 Å². The average molecular weight is 498 g/mol. The minimum atomic E-state index is -0.190. The third-order valence-electron chi connectivity index (χ3n) is 6.89. The number of ether oxygens (including phenoxy) is 2. The van der Waals surface area contributed by atoms with Gasteiger partial charge in [0.15, 0.2) is 0 Å². The molecule has 0 radical (unpaired) electrons. The van der Waals surface area contributed by atoms with Gasteiger partial charge in [0.1, 0.15) is 18.1 Å². The van der Waals surface area contributed by atoms with Gasteiger partial charge in [-0.05, 0) is 91.7 Å². The highest BCUT2D eigenvalue weighted by Gasteiger charge is 2.14. The molecule has 0 bridgehead atoms. The molecule has 194 valence electrons. The lowest BCUT2D eigenvalue weighted by molar-refractivity contribution is -0.134. The van der Waals surface area contributed by atoms with E-state index in [1.165, 1.54) is 42.6 Å². The van der Waals surface area contributed by atoms with Crippen molar-refractivity contribution >= 4 is 11.5 Å². The van der Waals surface area contributed by atoms with Gasteiger partial charge >= 0.3 is 5.97 Å². The monoisotopic (exact) mass is 497 g/mol. The summed E-state index contributed by atoms with van der Waals surface area (Å²) in [7, 11) is 0. The number of benzene rings is 3. The van der Waals surface area contributed by atoms with E-state index in [-0.39, 0.29) is 5.97 Å². The van der Waals surface area contributed by atoms with Crippen LogP contribution in [0.4, 0.5) is 0 Å². The van der Waals surface area contributed by atoms with Crippen LogP contribution < -0.4 is 9.47 Å². The maximum atomic E-state index is 11.9. The molecule has 37 heavy (non-hydrogen) atoms. The maximum Gasteiger partial charge on any atom is 0.311 e. The molecule has 1 fully saturated rings. The van der Waals surface area contributed by atoms with E-state index in [0.717, 1.165) is 42.7 Å². The minimum absolute atomic E-state index is 0.190. The molecule has 4 heteroatoms. The molecule has 0 aliphatic carbocycles. The first-order valence-corrected chi connectivity index (χ1v) is 13.7. The first kappa shape index (κ1) is 26.7. The lowest BCUT2D eigenvalue weighted by atomic mass is 9.88. The van der Waals surface area contributed by atoms with Gasteiger partial charge in [-0.15, -0.1) is 0 Å². The summed E-state index contributed by atoms with van der Waals surface area (Å²) in [6, 6.07) is 27.0. The van der Waals surface area contributed by atoms with Crippen LogP contribution in [-0.4, -0.2) is 37.1 Å². The summed E-state index contributed by atoms with van der Waals surface area (Å²) in [6.45, 7) is 8.27. The summed E-state index contributed by atoms with van der Waals surface area (Å²) in [5, 5.41) is 0. The van der Waals surface area contributed by atoms with Crippen LogP contribution in [0.15, 0.2) is 84.4 Å². The first-order chi connectivity index (χ1) is 18.2. The van der Waals surface area contributed by atoms with Crippen molar-refractivity contribution in [3.8, 4) is 11.5 Å². The van der Waals surface area contributed by atoms with Gasteiger partial charge in [-0.2, -0.15) is 0 Å². The Hall–Kier alpha value is -3.37. The van der Waals surface area contributed by atoms with E-state index in [4.69, 9.17) is 9.47 Å². The molecule has 4 nitrogen and oxygen atoms in total. The highest BCUT2D eigenvalue weighted by molar-refractivity contribution is 5.83. The number of hydrogen-bond acceptors (Lipinski definition) is 4. The number of esters is 1. The van der Waals surface area contributed by atoms with Crippen LogP contribution in [0.2, 0.25) is 0 Å². The maximum absolute atomic E-state index is 11.9. The predicted octanol–water partition coefficient (Wildman–Crippen LogP) is 7.32. The summed E-state index contributed by atoms with van der Waals surface area (Å²) in [5.74, 6) is 1.30. The van der Waals surface area contributed by atoms with Gasteiger partial charge in [-0.1, -0.05) is 74.0 Å². The number of allylic oxidation sites excluding steroid dienone is 1. The molecule has 0 unspecified atom stereocenters. The number of likely N-dealkylation sites (tertiary alicyclic amines) is 1. The lowest BCUT2D eigenvalue weighted by Crippen LogP contribution is -2.25. The van der Waals surface area contributed by atoms with Crippen molar-refractivity contribution in [1.29, 1.82) is 0 Å². The molecule has 0 saturated carbocycles. The Bertz CT molecular complexity index is 1140. The third-order valence-corrected chi connectivity index (χ3v) is 6.89. The largest absolute Gasteiger partial charge is 0.492 e. The van der Waals surface area contributed by atoms with Crippen LogP contribution in [0.5, 0.6) is 11.5 Å². The number of hydrogen-bond donors (Lipinski definition) is 0. The fourth-order valence-electron chi connectivity index (χ4n) is 4.90. The molecule has 3 aromatic rings. The van der Waals surface area contributed by atoms with Crippen molar-refractivity contribution in [2.45, 2.75) is 52.4 Å². The predicted molar refractivity (Wildman–Crippen MR) is 151 cm³/mol. The highest BCUT2D eigenvalue weighted by Crippen LogP contribution is 2.32. The summed E-state index contributed by atoms with van der Waals surface area (Å²) in [6.07, 6.45) is 5.63. The van der Waals surface area contributed by atoms with Gasteiger partial charge in [0.2, 0.25) is 0 Å². The molecule has 0 aromatic heterocycles. The smallest absolute Gasteiger partial charge is 0.311 e. The Labute approximate surface area is 221 Å². The van der Waals surface area contributed by atoms with Gasteiger partial charge < -0.3 is 9.47 Å². The molecule has 1 aliphatic rings. The van der Waals surface area contributed by atoms with E-state index in [9.17, 15) is 4.79 Å². The van der Waals surface area contributed by atoms with Crippen LogP contribution in [0, 0.1) is 0 Å². The Kier molecular flexibility index (Phi) is 9.96. The van der Waals surface area contributed by atoms with Crippen molar-refractivity contribution < 1.29 is 14.3 Å². The summed E-state index contributed by atoms with van der Waals surface area (Å²) < 4.78 is 11.5. The SMILES string of the molecule is CCCC(=O)Oc1ccc(/C(=C(/CC)Cc2ccccc2)c2ccc(OCCN3CCCC3)cc2)cc1. The molecule has 0 amide bonds. The van der Waals surface area contributed by atoms with Crippen LogP contribution >= 0.6 is 0 Å². The summed E-state index contributed by atoms with van der Waals surface area (Å²) >= 11 is 0. The zero-order valence-electron chi connectivity index (χ0n) is 22.2. The van der Waals surface area contributed by atoms with Crippen LogP contribution in [0.3, 0.4) is 0 Å². The molecular weight excluding hydrogens is 458 g/mol. The Morgan fingerprint density at radius 3 is 2.03 bits per heavy atom. The van der Waals surface area contributed by atoms with E-state index in [2.05, 4.69) is 78.6 Å². The van der Waals surface area contributed by atoms with E-state index in [0.29, 0.717) is 18.8 Å². The standard InChI is InChI=1S/C33H39NO3/c1-3-10-32(35)37-31-19-15-29(16-20-31)33(27(4-2)25-26-11-6-5-7-12-26)28-13-17-30(18-14-28)36-24-23-34-21-8-9-22-34/h5-7,11-20H,3-4,8-10,21-25H2,1-2H3/b33-27-. The Morgan fingerprint density at radius 1 is 0.811 bits per heavy atom. The van der Waals surface area contributed by atoms with Crippen molar-refractivity contribution in [1.82, 2.24) is 4.90 Å². The van der Waals surface area contributed by atoms with Crippen molar-refractivity contribution in [2.75, 3.05) is 26.2 Å². The van der Waals surface area contributed by atoms with Crippen LogP contribution in [0.1, 0.15) is 62.6 Å². The minimum Gasteiger partial charge on any atom is -0.492 e. The fourth-order valence-corrected chi connectivity index (χ4v) is 4.90. The topological polar surface area (TPSA) is 38.8 Å². The normalized spacial score (nSPS) is 14.3. The molecule has 0 spiro atoms. The highest BCUT2D eigenvalue weighted by atomic mass is 16.5. The van der Waals surface area contributed by atoms with Crippen LogP contribution in [0.25, 0.3) is 5.57 Å². The Morgan fingerprint density at radius 2 is 1.43 bits per heavy atom. The number of rotatable bonds is 12. The molecular formula is C33H39NO3. The second-order valence-electron chi connectivity index (χ2n) is 9.66. The second kappa shape index (κ2) is 13.8. The molecule has 1 heterocycles. The van der Waals surface area contributed by atoms with Gasteiger partial charge in [0, 0.05) is 13.0 Å². The van der Waals surface area contributed by atoms with E-state index in [1.807, 2.05) is 19.1 Å². The van der Waals surface area contributed by atoms with Crippen LogP contribution in [-0.2, 0) is 11.2 Å². The van der Waals surface area contributed by atoms with E-state index in [1.54, 1.807) is 0 Å². The van der Waals surface area contributed by atoms with Gasteiger partial charge in [0.25, 0.3) is 0 Å². The van der Waals surface area contributed by atoms with E-state index < -0.39 is 0 Å². The number of nitrogens with zero attached hydrogens (tertiary/aromatic N) is 1. The van der Waals surface area contributed by atoms with Gasteiger partial charge in [-0.3, -0.25) is 9.69 Å². The quantitative estimate of drug-likeness (QED) is 0.194. The second-order valence-corrected chi connectivity index (χ2v) is 9.66. The zero-order chi connectivity index (χ0) is 25.9. The number of carbonyl (C=O) groups is 1. The molecule has 1 aliphatic heterocycles. The molecule has 1 saturated heterocycles. The lowest BCUT2D eigenvalue weighted by Gasteiger charge is -2.18. The molecule has 3 aromatic carbocycles. The molecule has 0 N–H and O–H groups in total. The summed E-state index contributed by atoms with van der Waals surface area (Å²) in [5.41, 5.74) is 6.16. The zero-order valence-corrected chi connectivity index (χ0v) is 22.2. The Balaban J connectivity index is 1.58. The average Bonchev–Trinajstić information content (AvgIpc) is 3.44. The molecule has 0 atom stereocenters. The van der Waals surface area contributed by atoms with Crippen molar-refractivity contribution in [3.63, 3.8) is 0 Å². The van der Waals surface area contributed by atoms with E-state index >= 15 is 0 Å². The molecule has 4 rings (SSSR count).